The Labute approximate surface area is 340 Å². The minimum atomic E-state index is -3.31. The number of fused-ring (bicyclic) bond motifs is 2. The van der Waals surface area contributed by atoms with Crippen molar-refractivity contribution in [2.45, 2.75) is 115 Å². The van der Waals surface area contributed by atoms with Crippen LogP contribution in [0.25, 0.3) is 11.2 Å². The number of imidazole rings is 1. The molecule has 0 bridgehead atoms. The second-order valence-corrected chi connectivity index (χ2v) is 26.4. The molecule has 1 unspecified atom stereocenters. The Morgan fingerprint density at radius 2 is 1.79 bits per heavy atom. The number of aromatic nitrogens is 6. The number of H-pyrrole nitrogens is 1. The van der Waals surface area contributed by atoms with Gasteiger partial charge in [-0.05, 0) is 62.8 Å². The summed E-state index contributed by atoms with van der Waals surface area (Å²) >= 11 is 10.6. The van der Waals surface area contributed by atoms with Gasteiger partial charge in [0.25, 0.3) is 11.5 Å². The number of nitrogens with zero attached hydrogens (tertiary/aromatic N) is 5. The van der Waals surface area contributed by atoms with Crippen LogP contribution in [-0.2, 0) is 44.2 Å². The lowest BCUT2D eigenvalue weighted by molar-refractivity contribution is -0.198. The highest BCUT2D eigenvalue weighted by atomic mass is 32.9. The third-order valence-electron chi connectivity index (χ3n) is 10.7. The van der Waals surface area contributed by atoms with E-state index in [-0.39, 0.29) is 36.4 Å². The van der Waals surface area contributed by atoms with Crippen LogP contribution in [0.1, 0.15) is 69.4 Å². The molecule has 0 radical (unpaired) electrons. The highest BCUT2D eigenvalue weighted by Gasteiger charge is 2.56. The fourth-order valence-electron chi connectivity index (χ4n) is 6.72. The predicted octanol–water partition coefficient (Wildman–Crippen LogP) is 5.22. The highest BCUT2D eigenvalue weighted by Crippen LogP contribution is 2.57. The van der Waals surface area contributed by atoms with Crippen molar-refractivity contribution in [1.29, 1.82) is 0 Å². The van der Waals surface area contributed by atoms with E-state index in [4.69, 9.17) is 56.5 Å². The summed E-state index contributed by atoms with van der Waals surface area (Å²) in [4.78, 5) is 53.5. The summed E-state index contributed by atoms with van der Waals surface area (Å²) in [6.45, 7) is 16.1. The Morgan fingerprint density at radius 3 is 2.51 bits per heavy atom. The number of aromatic amines is 1. The number of ether oxygens (including phenoxy) is 4. The van der Waals surface area contributed by atoms with Crippen molar-refractivity contribution in [3.63, 3.8) is 0 Å². The lowest BCUT2D eigenvalue weighted by atomic mass is 10.1. The highest BCUT2D eigenvalue weighted by molar-refractivity contribution is 8.60. The van der Waals surface area contributed by atoms with Crippen molar-refractivity contribution in [1.82, 2.24) is 29.1 Å². The van der Waals surface area contributed by atoms with Crippen LogP contribution < -0.4 is 16.6 Å². The standard InChI is InChI=1S/C36H48N7O10PS2Si/c1-20-15-42(34(46)41-31(20)44)25-14-22(23(49-25)17-48-57(7,8)35(2,3)4)53-54(55,56)47-16-24-27-28(52-36(5,6)51-27)33(50-24)43-19-39-26-29(37-18-38-30(26)43)40-32(45)21-12-10-9-11-13-21/h9-13,15,18-19,22-25,27-28,33H,14,16-17H2,1-8H3,(H,55,56)(H,41,44,46)(H,37,38,40,45)/t22-,23+,24+,25+,27+,28+,33+/m0/s1. The topological polar surface area (TPSA) is 192 Å². The average Bonchev–Trinajstić information content (AvgIpc) is 3.89. The molecule has 0 spiro atoms. The molecule has 0 saturated carbocycles. The van der Waals surface area contributed by atoms with Gasteiger partial charge < -0.3 is 37.7 Å². The van der Waals surface area contributed by atoms with E-state index in [9.17, 15) is 14.4 Å². The van der Waals surface area contributed by atoms with Crippen LogP contribution in [0.2, 0.25) is 18.1 Å². The number of carbonyl (C=O) groups is 1. The molecule has 1 aromatic carbocycles. The number of nitrogens with one attached hydrogen (secondary N) is 2. The zero-order valence-electron chi connectivity index (χ0n) is 32.9. The monoisotopic (exact) mass is 861 g/mol. The van der Waals surface area contributed by atoms with Crippen LogP contribution in [0, 0.1) is 6.92 Å². The molecule has 21 heteroatoms. The van der Waals surface area contributed by atoms with Gasteiger partial charge in [0, 0.05) is 23.7 Å². The zero-order valence-corrected chi connectivity index (χ0v) is 36.5. The first-order chi connectivity index (χ1) is 26.7. The molecule has 6 heterocycles. The van der Waals surface area contributed by atoms with Gasteiger partial charge in [0.05, 0.1) is 25.6 Å². The number of hydrogen-bond donors (Lipinski definition) is 3. The molecule has 1 amide bonds. The fraction of sp³-hybridized carbons (Fsp3) is 0.556. The molecule has 57 heavy (non-hydrogen) atoms. The Kier molecular flexibility index (Phi) is 11.6. The van der Waals surface area contributed by atoms with E-state index in [1.165, 1.54) is 17.1 Å². The van der Waals surface area contributed by atoms with Gasteiger partial charge in [-0.25, -0.2) is 19.7 Å². The summed E-state index contributed by atoms with van der Waals surface area (Å²) in [6.07, 6.45) is -0.0508. The van der Waals surface area contributed by atoms with Crippen molar-refractivity contribution in [3.8, 4) is 0 Å². The normalized spacial score (nSPS) is 27.1. The molecule has 308 valence electrons. The molecule has 0 aliphatic carbocycles. The molecule has 17 nitrogen and oxygen atoms in total. The van der Waals surface area contributed by atoms with Crippen molar-refractivity contribution in [2.75, 3.05) is 18.5 Å². The fourth-order valence-corrected chi connectivity index (χ4v) is 9.78. The van der Waals surface area contributed by atoms with Gasteiger partial charge in [0.2, 0.25) is 5.69 Å². The SMILES string of the molecule is Cc1cn([C@H]2C[C@H](OP(=S)(S)OC[C@H]3O[C@@H](n4cnc5c(NC(=O)c6ccccc6)ncnc54)[C@@H]4OC(C)(C)O[C@@H]43)[C@@H](CO[Si](C)(C)C(C)(C)C)O2)c(=O)[nH]c1=O. The molecule has 3 fully saturated rings. The van der Waals surface area contributed by atoms with Gasteiger partial charge in [0.1, 0.15) is 37.0 Å². The Balaban J connectivity index is 1.08. The van der Waals surface area contributed by atoms with Crippen LogP contribution in [0.4, 0.5) is 5.82 Å². The van der Waals surface area contributed by atoms with E-state index >= 15 is 0 Å². The third-order valence-corrected chi connectivity index (χ3v) is 17.5. The summed E-state index contributed by atoms with van der Waals surface area (Å²) < 4.78 is 47.9. The number of benzene rings is 1. The minimum absolute atomic E-state index is 0.0569. The molecule has 8 atom stereocenters. The number of aryl methyl sites for hydroxylation is 1. The number of anilines is 1. The van der Waals surface area contributed by atoms with Crippen molar-refractivity contribution in [3.05, 3.63) is 81.1 Å². The number of amides is 1. The van der Waals surface area contributed by atoms with E-state index < -0.39 is 74.0 Å². The number of carbonyl (C=O) groups excluding carboxylic acids is 1. The quantitative estimate of drug-likeness (QED) is 0.0954. The molecule has 4 aromatic rings. The van der Waals surface area contributed by atoms with Gasteiger partial charge in [-0.1, -0.05) is 51.2 Å². The molecule has 7 rings (SSSR count). The van der Waals surface area contributed by atoms with Crippen LogP contribution in [0.3, 0.4) is 0 Å². The predicted molar refractivity (Wildman–Crippen MR) is 219 cm³/mol. The maximum atomic E-state index is 13.0. The van der Waals surface area contributed by atoms with Crippen LogP contribution in [0.15, 0.2) is 58.8 Å². The van der Waals surface area contributed by atoms with Crippen LogP contribution in [-0.4, -0.2) is 92.8 Å². The number of hydrogen-bond acceptors (Lipinski definition) is 14. The lowest BCUT2D eigenvalue weighted by Gasteiger charge is -2.37. The van der Waals surface area contributed by atoms with E-state index in [1.54, 1.807) is 42.1 Å². The maximum absolute atomic E-state index is 13.0. The third kappa shape index (κ3) is 8.91. The summed E-state index contributed by atoms with van der Waals surface area (Å²) in [5.41, 5.74) is -2.77. The van der Waals surface area contributed by atoms with Crippen LogP contribution >= 0.6 is 17.9 Å². The molecule has 2 N–H and O–H groups in total. The molecular weight excluding hydrogens is 814 g/mol. The molecule has 3 saturated heterocycles. The average molecular weight is 862 g/mol. The Bertz CT molecular complexity index is 2300. The summed E-state index contributed by atoms with van der Waals surface area (Å²) in [6, 6.07) is 8.79. The largest absolute Gasteiger partial charge is 0.414 e. The lowest BCUT2D eigenvalue weighted by Crippen LogP contribution is -2.44. The maximum Gasteiger partial charge on any atom is 0.330 e. The van der Waals surface area contributed by atoms with Crippen molar-refractivity contribution < 1.29 is 37.2 Å². The van der Waals surface area contributed by atoms with Gasteiger partial charge >= 0.3 is 5.69 Å². The van der Waals surface area contributed by atoms with Gasteiger partial charge in [0.15, 0.2) is 37.3 Å². The van der Waals surface area contributed by atoms with E-state index in [0.717, 1.165) is 0 Å². The van der Waals surface area contributed by atoms with E-state index in [2.05, 4.69) is 59.1 Å². The number of rotatable bonds is 12. The van der Waals surface area contributed by atoms with Gasteiger partial charge in [-0.3, -0.25) is 23.7 Å². The molecule has 3 aromatic heterocycles. The second-order valence-electron chi connectivity index (χ2n) is 16.3. The first kappa shape index (κ1) is 42.0. The first-order valence-corrected chi connectivity index (χ1v) is 25.2. The molecule has 3 aliphatic heterocycles. The summed E-state index contributed by atoms with van der Waals surface area (Å²) in [5, 5.41) is 2.76. The van der Waals surface area contributed by atoms with E-state index in [0.29, 0.717) is 22.3 Å². The van der Waals surface area contributed by atoms with Gasteiger partial charge in [-0.15, -0.1) is 0 Å². The van der Waals surface area contributed by atoms with Crippen molar-refractivity contribution >= 4 is 61.0 Å². The van der Waals surface area contributed by atoms with Crippen molar-refractivity contribution in [2.24, 2.45) is 0 Å². The first-order valence-electron chi connectivity index (χ1n) is 18.5. The Morgan fingerprint density at radius 1 is 1.07 bits per heavy atom. The summed E-state index contributed by atoms with van der Waals surface area (Å²) in [5.74, 6) is -1.04. The molecular formula is C36H48N7O10PS2Si. The summed E-state index contributed by atoms with van der Waals surface area (Å²) in [7, 11) is -2.21. The Hall–Kier alpha value is -3.14. The minimum Gasteiger partial charge on any atom is -0.414 e. The smallest absolute Gasteiger partial charge is 0.330 e. The second kappa shape index (κ2) is 15.8. The zero-order chi connectivity index (χ0) is 41.1. The van der Waals surface area contributed by atoms with Gasteiger partial charge in [-0.2, -0.15) is 0 Å². The number of thiol groups is 1. The van der Waals surface area contributed by atoms with E-state index in [1.807, 2.05) is 19.9 Å². The molecule has 3 aliphatic rings. The van der Waals surface area contributed by atoms with Crippen LogP contribution in [0.5, 0.6) is 0 Å².